The zero-order chi connectivity index (χ0) is 21.7. The summed E-state index contributed by atoms with van der Waals surface area (Å²) in [5.41, 5.74) is -0.252. The lowest BCUT2D eigenvalue weighted by Crippen LogP contribution is -2.24. The van der Waals surface area contributed by atoms with Crippen LogP contribution in [0.5, 0.6) is 0 Å². The fourth-order valence-corrected chi connectivity index (χ4v) is 3.64. The van der Waals surface area contributed by atoms with Crippen molar-refractivity contribution < 1.29 is 14.1 Å². The Balaban J connectivity index is 1.81. The number of nitro benzene ring substituents is 1. The lowest BCUT2D eigenvalue weighted by atomic mass is 10.2. The average molecular weight is 430 g/mol. The summed E-state index contributed by atoms with van der Waals surface area (Å²) in [6, 6.07) is 9.88. The lowest BCUT2D eigenvalue weighted by Gasteiger charge is -2.13. The summed E-state index contributed by atoms with van der Waals surface area (Å²) in [4.78, 5) is 39.8. The number of thioether (sulfide) groups is 1. The van der Waals surface area contributed by atoms with Crippen molar-refractivity contribution in [1.29, 1.82) is 0 Å². The van der Waals surface area contributed by atoms with Crippen molar-refractivity contribution in [2.24, 2.45) is 0 Å². The molecule has 30 heavy (non-hydrogen) atoms. The van der Waals surface area contributed by atoms with Crippen LogP contribution >= 0.6 is 11.8 Å². The third-order valence-electron chi connectivity index (χ3n) is 4.33. The molecule has 3 rings (SSSR count). The molecule has 0 aliphatic rings. The Morgan fingerprint density at radius 2 is 2.07 bits per heavy atom. The van der Waals surface area contributed by atoms with Crippen molar-refractivity contribution >= 4 is 39.9 Å². The first-order chi connectivity index (χ1) is 14.4. The highest BCUT2D eigenvalue weighted by Gasteiger charge is 2.16. The monoisotopic (exact) mass is 430 g/mol. The quantitative estimate of drug-likeness (QED) is 0.251. The fourth-order valence-electron chi connectivity index (χ4n) is 2.81. The Kier molecular flexibility index (Phi) is 6.78. The van der Waals surface area contributed by atoms with Crippen LogP contribution in [-0.2, 0) is 11.3 Å². The number of para-hydroxylation sites is 1. The zero-order valence-electron chi connectivity index (χ0n) is 16.1. The van der Waals surface area contributed by atoms with Crippen molar-refractivity contribution in [2.75, 3.05) is 11.1 Å². The highest BCUT2D eigenvalue weighted by atomic mass is 32.2. The summed E-state index contributed by atoms with van der Waals surface area (Å²) in [6.45, 7) is 2.48. The molecule has 3 aromatic rings. The second-order valence-electron chi connectivity index (χ2n) is 6.48. The molecule has 0 spiro atoms. The molecule has 8 nitrogen and oxygen atoms in total. The van der Waals surface area contributed by atoms with Crippen molar-refractivity contribution in [3.8, 4) is 0 Å². The van der Waals surface area contributed by atoms with E-state index in [1.807, 2.05) is 6.92 Å². The van der Waals surface area contributed by atoms with Gasteiger partial charge >= 0.3 is 0 Å². The van der Waals surface area contributed by atoms with Gasteiger partial charge in [-0.25, -0.2) is 9.37 Å². The van der Waals surface area contributed by atoms with Gasteiger partial charge in [0.1, 0.15) is 5.82 Å². The summed E-state index contributed by atoms with van der Waals surface area (Å²) >= 11 is 1.05. The number of hydrogen-bond acceptors (Lipinski definition) is 6. The number of nitrogens with one attached hydrogen (secondary N) is 1. The molecule has 2 aromatic carbocycles. The van der Waals surface area contributed by atoms with Gasteiger partial charge in [-0.2, -0.15) is 0 Å². The van der Waals surface area contributed by atoms with Crippen LogP contribution in [-0.4, -0.2) is 26.1 Å². The van der Waals surface area contributed by atoms with E-state index in [1.54, 1.807) is 24.3 Å². The molecule has 0 aliphatic heterocycles. The Morgan fingerprint density at radius 3 is 2.80 bits per heavy atom. The van der Waals surface area contributed by atoms with Crippen LogP contribution in [0.2, 0.25) is 0 Å². The van der Waals surface area contributed by atoms with E-state index >= 15 is 0 Å². The average Bonchev–Trinajstić information content (AvgIpc) is 2.73. The summed E-state index contributed by atoms with van der Waals surface area (Å²) in [5.74, 6) is -1.48. The van der Waals surface area contributed by atoms with Gasteiger partial charge in [0.15, 0.2) is 5.16 Å². The third kappa shape index (κ3) is 4.82. The number of anilines is 1. The maximum absolute atomic E-state index is 13.9. The normalized spacial score (nSPS) is 10.9. The maximum Gasteiger partial charge on any atom is 0.271 e. The number of hydrogen-bond donors (Lipinski definition) is 1. The fraction of sp³-hybridized carbons (Fsp3) is 0.250. The van der Waals surface area contributed by atoms with Crippen LogP contribution in [0.4, 0.5) is 15.8 Å². The molecule has 0 bridgehead atoms. The largest absolute Gasteiger partial charge is 0.323 e. The number of aromatic nitrogens is 2. The van der Waals surface area contributed by atoms with Gasteiger partial charge in [-0.3, -0.25) is 24.3 Å². The summed E-state index contributed by atoms with van der Waals surface area (Å²) in [7, 11) is 0. The molecule has 0 saturated heterocycles. The molecule has 0 unspecified atom stereocenters. The van der Waals surface area contributed by atoms with E-state index in [1.165, 1.54) is 4.57 Å². The minimum atomic E-state index is -0.775. The molecule has 0 saturated carbocycles. The van der Waals surface area contributed by atoms with Gasteiger partial charge < -0.3 is 5.32 Å². The molecule has 1 amide bonds. The summed E-state index contributed by atoms with van der Waals surface area (Å²) < 4.78 is 15.4. The SMILES string of the molecule is CCCCn1c(SCC(=O)Nc2cc([N+](=O)[O-])ccc2F)nc2ccccc2c1=O. The number of carbonyl (C=O) groups excluding carboxylic acids is 1. The highest BCUT2D eigenvalue weighted by Crippen LogP contribution is 2.23. The Bertz CT molecular complexity index is 1170. The molecule has 156 valence electrons. The first kappa shape index (κ1) is 21.4. The van der Waals surface area contributed by atoms with Crippen LogP contribution in [0, 0.1) is 15.9 Å². The van der Waals surface area contributed by atoms with E-state index < -0.39 is 16.6 Å². The number of nitro groups is 1. The van der Waals surface area contributed by atoms with Crippen molar-refractivity contribution in [1.82, 2.24) is 9.55 Å². The van der Waals surface area contributed by atoms with E-state index in [-0.39, 0.29) is 22.7 Å². The number of nitrogens with zero attached hydrogens (tertiary/aromatic N) is 3. The number of fused-ring (bicyclic) bond motifs is 1. The summed E-state index contributed by atoms with van der Waals surface area (Å²) in [5, 5.41) is 14.1. The predicted molar refractivity (Wildman–Crippen MR) is 113 cm³/mol. The molecule has 10 heteroatoms. The van der Waals surface area contributed by atoms with E-state index in [9.17, 15) is 24.1 Å². The predicted octanol–water partition coefficient (Wildman–Crippen LogP) is 3.97. The van der Waals surface area contributed by atoms with Crippen LogP contribution in [0.3, 0.4) is 0 Å². The molecule has 1 N–H and O–H groups in total. The van der Waals surface area contributed by atoms with Gasteiger partial charge in [-0.1, -0.05) is 37.2 Å². The van der Waals surface area contributed by atoms with E-state index in [4.69, 9.17) is 0 Å². The number of halogens is 1. The van der Waals surface area contributed by atoms with Crippen molar-refractivity contribution in [3.63, 3.8) is 0 Å². The van der Waals surface area contributed by atoms with Gasteiger partial charge in [0, 0.05) is 18.7 Å². The van der Waals surface area contributed by atoms with E-state index in [0.717, 1.165) is 42.8 Å². The second kappa shape index (κ2) is 9.49. The number of rotatable bonds is 8. The molecule has 0 fully saturated rings. The number of amides is 1. The number of unbranched alkanes of at least 4 members (excludes halogenated alkanes) is 1. The first-order valence-electron chi connectivity index (χ1n) is 9.27. The lowest BCUT2D eigenvalue weighted by molar-refractivity contribution is -0.384. The van der Waals surface area contributed by atoms with Crippen LogP contribution in [0.1, 0.15) is 19.8 Å². The van der Waals surface area contributed by atoms with Gasteiger partial charge in [-0.05, 0) is 24.6 Å². The molecule has 1 aromatic heterocycles. The first-order valence-corrected chi connectivity index (χ1v) is 10.3. The van der Waals surface area contributed by atoms with E-state index in [0.29, 0.717) is 22.6 Å². The zero-order valence-corrected chi connectivity index (χ0v) is 16.9. The Labute approximate surface area is 175 Å². The van der Waals surface area contributed by atoms with Gasteiger partial charge in [0.25, 0.3) is 11.2 Å². The Morgan fingerprint density at radius 1 is 1.30 bits per heavy atom. The standard InChI is InChI=1S/C20H19FN4O4S/c1-2-3-10-24-19(27)14-6-4-5-7-16(14)23-20(24)30-12-18(26)22-17-11-13(25(28)29)8-9-15(17)21/h4-9,11H,2-3,10,12H2,1H3,(H,22,26). The van der Waals surface area contributed by atoms with Gasteiger partial charge in [-0.15, -0.1) is 0 Å². The second-order valence-corrected chi connectivity index (χ2v) is 7.42. The highest BCUT2D eigenvalue weighted by molar-refractivity contribution is 7.99. The summed E-state index contributed by atoms with van der Waals surface area (Å²) in [6.07, 6.45) is 1.66. The van der Waals surface area contributed by atoms with Crippen LogP contribution < -0.4 is 10.9 Å². The molecular formula is C20H19FN4O4S. The van der Waals surface area contributed by atoms with Crippen molar-refractivity contribution in [2.45, 2.75) is 31.5 Å². The number of benzene rings is 2. The third-order valence-corrected chi connectivity index (χ3v) is 5.31. The van der Waals surface area contributed by atoms with Crippen molar-refractivity contribution in [3.05, 3.63) is 68.7 Å². The van der Waals surface area contributed by atoms with Gasteiger partial charge in [0.2, 0.25) is 5.91 Å². The number of carbonyl (C=O) groups is 1. The van der Waals surface area contributed by atoms with Crippen LogP contribution in [0.15, 0.2) is 52.4 Å². The molecule has 0 atom stereocenters. The molecule has 0 radical (unpaired) electrons. The maximum atomic E-state index is 13.9. The topological polar surface area (TPSA) is 107 Å². The Hall–Kier alpha value is -3.27. The molecule has 0 aliphatic carbocycles. The molecule has 1 heterocycles. The van der Waals surface area contributed by atoms with Crippen LogP contribution in [0.25, 0.3) is 10.9 Å². The minimum Gasteiger partial charge on any atom is -0.323 e. The number of non-ortho nitro benzene ring substituents is 1. The smallest absolute Gasteiger partial charge is 0.271 e. The molecular weight excluding hydrogens is 411 g/mol. The van der Waals surface area contributed by atoms with E-state index in [2.05, 4.69) is 10.3 Å². The minimum absolute atomic E-state index is 0.140. The van der Waals surface area contributed by atoms with Gasteiger partial charge in [0.05, 0.1) is 27.3 Å².